The van der Waals surface area contributed by atoms with Crippen molar-refractivity contribution in [2.45, 2.75) is 37.7 Å². The molecule has 0 amide bonds. The largest absolute Gasteiger partial charge is 0.390 e. The highest BCUT2D eigenvalue weighted by atomic mass is 35.5. The van der Waals surface area contributed by atoms with Crippen LogP contribution in [-0.4, -0.2) is 16.5 Å². The Bertz CT molecular complexity index is 233. The van der Waals surface area contributed by atoms with Crippen molar-refractivity contribution in [1.29, 1.82) is 0 Å². The smallest absolute Gasteiger partial charge is 0.139 e. The van der Waals surface area contributed by atoms with Gasteiger partial charge < -0.3 is 5.11 Å². The summed E-state index contributed by atoms with van der Waals surface area (Å²) >= 11 is 0. The Kier molecular flexibility index (Phi) is 1.97. The van der Waals surface area contributed by atoms with Gasteiger partial charge in [-0.3, -0.25) is 4.79 Å². The molecular weight excluding hydrogens is 188 g/mol. The highest BCUT2D eigenvalue weighted by Gasteiger charge is 2.54. The van der Waals surface area contributed by atoms with E-state index in [2.05, 4.69) is 0 Å². The predicted octanol–water partition coefficient (Wildman–Crippen LogP) is 1.55. The van der Waals surface area contributed by atoms with E-state index in [9.17, 15) is 9.90 Å². The molecule has 4 aliphatic rings. The number of hydrogen-bond donors (Lipinski definition) is 1. The minimum Gasteiger partial charge on any atom is -0.390 e. The third-order valence-electron chi connectivity index (χ3n) is 3.96. The summed E-state index contributed by atoms with van der Waals surface area (Å²) in [6, 6.07) is 0. The first-order valence-electron chi connectivity index (χ1n) is 4.92. The summed E-state index contributed by atoms with van der Waals surface area (Å²) in [6.07, 6.45) is 4.63. The monoisotopic (exact) mass is 202 g/mol. The van der Waals surface area contributed by atoms with E-state index < -0.39 is 5.60 Å². The van der Waals surface area contributed by atoms with Crippen LogP contribution >= 0.6 is 12.4 Å². The van der Waals surface area contributed by atoms with E-state index in [0.717, 1.165) is 32.1 Å². The van der Waals surface area contributed by atoms with Crippen molar-refractivity contribution in [3.63, 3.8) is 0 Å². The van der Waals surface area contributed by atoms with E-state index in [1.165, 1.54) is 0 Å². The third kappa shape index (κ3) is 1.23. The van der Waals surface area contributed by atoms with Gasteiger partial charge in [-0.1, -0.05) is 0 Å². The molecule has 74 valence electrons. The van der Waals surface area contributed by atoms with Gasteiger partial charge in [-0.05, 0) is 38.0 Å². The number of carbonyl (C=O) groups is 1. The highest BCUT2D eigenvalue weighted by molar-refractivity contribution is 5.86. The molecule has 4 saturated carbocycles. The van der Waals surface area contributed by atoms with E-state index in [1.54, 1.807) is 0 Å². The standard InChI is InChI=1S/C10H14O2.ClH/c11-9-7-1-6-2-8(9)5-10(12,3-6)4-7;/h6-8,12H,1-5H2;1H. The first-order valence-corrected chi connectivity index (χ1v) is 4.92. The lowest BCUT2D eigenvalue weighted by molar-refractivity contribution is -0.161. The quantitative estimate of drug-likeness (QED) is 0.647. The molecule has 4 rings (SSSR count). The molecule has 3 heteroatoms. The molecule has 4 fully saturated rings. The number of rotatable bonds is 0. The molecule has 2 unspecified atom stereocenters. The normalized spacial score (nSPS) is 52.1. The van der Waals surface area contributed by atoms with Crippen LogP contribution in [0, 0.1) is 17.8 Å². The maximum Gasteiger partial charge on any atom is 0.139 e. The van der Waals surface area contributed by atoms with Crippen LogP contribution in [0.15, 0.2) is 0 Å². The fourth-order valence-corrected chi connectivity index (χ4v) is 3.71. The van der Waals surface area contributed by atoms with Crippen molar-refractivity contribution in [3.8, 4) is 0 Å². The molecule has 4 bridgehead atoms. The molecule has 13 heavy (non-hydrogen) atoms. The van der Waals surface area contributed by atoms with Gasteiger partial charge >= 0.3 is 0 Å². The number of carbonyl (C=O) groups excluding carboxylic acids is 1. The fourth-order valence-electron chi connectivity index (χ4n) is 3.71. The predicted molar refractivity (Wildman–Crippen MR) is 50.8 cm³/mol. The summed E-state index contributed by atoms with van der Waals surface area (Å²) in [5.41, 5.74) is -0.440. The van der Waals surface area contributed by atoms with Crippen LogP contribution in [0.5, 0.6) is 0 Å². The van der Waals surface area contributed by atoms with E-state index >= 15 is 0 Å². The average molecular weight is 203 g/mol. The number of hydrogen-bond acceptors (Lipinski definition) is 2. The van der Waals surface area contributed by atoms with Crippen molar-refractivity contribution in [1.82, 2.24) is 0 Å². The van der Waals surface area contributed by atoms with Gasteiger partial charge in [-0.15, -0.1) is 12.4 Å². The maximum atomic E-state index is 11.6. The first kappa shape index (κ1) is 9.47. The van der Waals surface area contributed by atoms with Gasteiger partial charge in [-0.25, -0.2) is 0 Å². The molecule has 0 spiro atoms. The Labute approximate surface area is 84.1 Å². The van der Waals surface area contributed by atoms with E-state index in [0.29, 0.717) is 11.7 Å². The Balaban J connectivity index is 0.000000653. The van der Waals surface area contributed by atoms with Crippen LogP contribution in [0.2, 0.25) is 0 Å². The fraction of sp³-hybridized carbons (Fsp3) is 0.900. The average Bonchev–Trinajstić information content (AvgIpc) is 1.96. The van der Waals surface area contributed by atoms with Gasteiger partial charge in [0.15, 0.2) is 0 Å². The molecule has 1 N–H and O–H groups in total. The molecule has 2 atom stereocenters. The van der Waals surface area contributed by atoms with E-state index in [-0.39, 0.29) is 24.2 Å². The Morgan fingerprint density at radius 1 is 1.15 bits per heavy atom. The molecule has 0 aromatic heterocycles. The van der Waals surface area contributed by atoms with Crippen molar-refractivity contribution in [2.75, 3.05) is 0 Å². The lowest BCUT2D eigenvalue weighted by Crippen LogP contribution is -2.54. The van der Waals surface area contributed by atoms with E-state index in [4.69, 9.17) is 0 Å². The van der Waals surface area contributed by atoms with Crippen LogP contribution in [0.3, 0.4) is 0 Å². The zero-order chi connectivity index (χ0) is 8.34. The zero-order valence-corrected chi connectivity index (χ0v) is 8.35. The summed E-state index contributed by atoms with van der Waals surface area (Å²) in [5.74, 6) is 1.56. The Morgan fingerprint density at radius 2 is 1.69 bits per heavy atom. The molecule has 0 aromatic carbocycles. The van der Waals surface area contributed by atoms with Crippen molar-refractivity contribution >= 4 is 18.2 Å². The zero-order valence-electron chi connectivity index (χ0n) is 7.53. The second-order valence-electron chi connectivity index (χ2n) is 4.97. The van der Waals surface area contributed by atoms with Crippen molar-refractivity contribution in [2.24, 2.45) is 17.8 Å². The molecule has 4 aliphatic carbocycles. The van der Waals surface area contributed by atoms with Crippen LogP contribution in [-0.2, 0) is 4.79 Å². The second-order valence-corrected chi connectivity index (χ2v) is 4.97. The summed E-state index contributed by atoms with van der Waals surface area (Å²) in [7, 11) is 0. The summed E-state index contributed by atoms with van der Waals surface area (Å²) in [6.45, 7) is 0. The maximum absolute atomic E-state index is 11.6. The highest BCUT2D eigenvalue weighted by Crippen LogP contribution is 2.53. The molecule has 0 heterocycles. The lowest BCUT2D eigenvalue weighted by atomic mass is 9.54. The molecular formula is C10H15ClO2. The van der Waals surface area contributed by atoms with Crippen molar-refractivity contribution < 1.29 is 9.90 Å². The van der Waals surface area contributed by atoms with Crippen LogP contribution in [0.1, 0.15) is 32.1 Å². The summed E-state index contributed by atoms with van der Waals surface area (Å²) < 4.78 is 0. The van der Waals surface area contributed by atoms with Gasteiger partial charge in [0.05, 0.1) is 5.60 Å². The molecule has 0 aromatic rings. The molecule has 0 aliphatic heterocycles. The number of ketones is 1. The second kappa shape index (κ2) is 2.71. The third-order valence-corrected chi connectivity index (χ3v) is 3.96. The number of aliphatic hydroxyl groups is 1. The van der Waals surface area contributed by atoms with E-state index in [1.807, 2.05) is 0 Å². The molecule has 0 radical (unpaired) electrons. The van der Waals surface area contributed by atoms with Crippen LogP contribution in [0.25, 0.3) is 0 Å². The van der Waals surface area contributed by atoms with Gasteiger partial charge in [-0.2, -0.15) is 0 Å². The number of halogens is 1. The molecule has 0 saturated heterocycles. The summed E-state index contributed by atoms with van der Waals surface area (Å²) in [4.78, 5) is 11.6. The first-order chi connectivity index (χ1) is 5.66. The van der Waals surface area contributed by atoms with Crippen LogP contribution in [0.4, 0.5) is 0 Å². The Hall–Kier alpha value is -0.0800. The van der Waals surface area contributed by atoms with Gasteiger partial charge in [0.1, 0.15) is 5.78 Å². The van der Waals surface area contributed by atoms with Gasteiger partial charge in [0.2, 0.25) is 0 Å². The van der Waals surface area contributed by atoms with Crippen LogP contribution < -0.4 is 0 Å². The van der Waals surface area contributed by atoms with Crippen molar-refractivity contribution in [3.05, 3.63) is 0 Å². The number of Topliss-reactive ketones (excluding diaryl/α,β-unsaturated/α-hetero) is 1. The Morgan fingerprint density at radius 3 is 2.15 bits per heavy atom. The molecule has 2 nitrogen and oxygen atoms in total. The topological polar surface area (TPSA) is 37.3 Å². The SMILES string of the molecule is Cl.O=C1C2CC3CC1CC(O)(C3)C2. The minimum absolute atomic E-state index is 0. The lowest BCUT2D eigenvalue weighted by Gasteiger charge is -2.53. The van der Waals surface area contributed by atoms with Gasteiger partial charge in [0, 0.05) is 11.8 Å². The minimum atomic E-state index is -0.440. The van der Waals surface area contributed by atoms with Gasteiger partial charge in [0.25, 0.3) is 0 Å². The summed E-state index contributed by atoms with van der Waals surface area (Å²) in [5, 5.41) is 10.1.